The number of para-hydroxylation sites is 1. The van der Waals surface area contributed by atoms with Crippen molar-refractivity contribution in [2.75, 3.05) is 37.6 Å². The van der Waals surface area contributed by atoms with E-state index in [-0.39, 0.29) is 34.3 Å². The lowest BCUT2D eigenvalue weighted by atomic mass is 10.0. The summed E-state index contributed by atoms with van der Waals surface area (Å²) in [6.07, 6.45) is 2.42. The average Bonchev–Trinajstić information content (AvgIpc) is 3.27. The van der Waals surface area contributed by atoms with Crippen LogP contribution >= 0.6 is 23.4 Å². The standard InChI is InChI=1S/C30H23ClFN5O4S/c31-29-33-17-23(32)27(34-29)41-24-11-10-19-6-4-5-9-21(19)22(24)16-25-28(39)37(30(40)42-25)18-26(38)36-14-12-35(13-15-36)20-7-2-1-3-8-20/h1-11,16-17H,12-15,18H2/b25-16+. The summed E-state index contributed by atoms with van der Waals surface area (Å²) in [5.74, 6) is -1.89. The Labute approximate surface area is 249 Å². The van der Waals surface area contributed by atoms with E-state index < -0.39 is 17.0 Å². The fraction of sp³-hybridized carbons (Fsp3) is 0.167. The SMILES string of the molecule is O=C(CN1C(=O)S/C(=C/c2c(Oc3nc(Cl)ncc3F)ccc3ccccc23)C1=O)N1CCN(c2ccccc2)CC1. The zero-order valence-corrected chi connectivity index (χ0v) is 23.6. The van der Waals surface area contributed by atoms with E-state index in [1.165, 1.54) is 6.08 Å². The fourth-order valence-electron chi connectivity index (χ4n) is 4.88. The molecule has 0 radical (unpaired) electrons. The molecule has 3 amide bonds. The number of piperazine rings is 1. The molecular formula is C30H23ClFN5O4S. The van der Waals surface area contributed by atoms with Gasteiger partial charge < -0.3 is 14.5 Å². The maximum atomic E-state index is 14.4. The quantitative estimate of drug-likeness (QED) is 0.208. The molecule has 4 aromatic rings. The number of aromatic nitrogens is 2. The summed E-state index contributed by atoms with van der Waals surface area (Å²) in [7, 11) is 0. The van der Waals surface area contributed by atoms with Gasteiger partial charge in [0.2, 0.25) is 17.0 Å². The van der Waals surface area contributed by atoms with Gasteiger partial charge in [-0.25, -0.2) is 4.98 Å². The van der Waals surface area contributed by atoms with Gasteiger partial charge in [-0.15, -0.1) is 0 Å². The molecule has 3 aromatic carbocycles. The predicted molar refractivity (Wildman–Crippen MR) is 159 cm³/mol. The smallest absolute Gasteiger partial charge is 0.294 e. The molecule has 212 valence electrons. The molecule has 3 heterocycles. The first-order valence-corrected chi connectivity index (χ1v) is 14.3. The van der Waals surface area contributed by atoms with Crippen molar-refractivity contribution in [2.24, 2.45) is 0 Å². The number of nitrogens with zero attached hydrogens (tertiary/aromatic N) is 5. The summed E-state index contributed by atoms with van der Waals surface area (Å²) < 4.78 is 20.2. The summed E-state index contributed by atoms with van der Waals surface area (Å²) in [6.45, 7) is 1.93. The molecule has 0 bridgehead atoms. The molecule has 0 N–H and O–H groups in total. The number of halogens is 2. The Hall–Kier alpha value is -4.48. The number of hydrogen-bond acceptors (Lipinski definition) is 8. The zero-order valence-electron chi connectivity index (χ0n) is 22.1. The van der Waals surface area contributed by atoms with Crippen molar-refractivity contribution in [3.8, 4) is 11.6 Å². The first-order valence-electron chi connectivity index (χ1n) is 13.1. The van der Waals surface area contributed by atoms with Gasteiger partial charge in [0.1, 0.15) is 12.3 Å². The van der Waals surface area contributed by atoms with Crippen molar-refractivity contribution in [1.29, 1.82) is 0 Å². The molecular weight excluding hydrogens is 581 g/mol. The van der Waals surface area contributed by atoms with Crippen LogP contribution in [0.15, 0.2) is 77.8 Å². The number of benzene rings is 3. The maximum Gasteiger partial charge on any atom is 0.294 e. The van der Waals surface area contributed by atoms with Gasteiger partial charge in [-0.3, -0.25) is 19.3 Å². The lowest BCUT2D eigenvalue weighted by Crippen LogP contribution is -2.51. The second-order valence-corrected chi connectivity index (χ2v) is 10.9. The van der Waals surface area contributed by atoms with Crippen LogP contribution in [0.4, 0.5) is 14.9 Å². The number of thioether (sulfide) groups is 1. The average molecular weight is 604 g/mol. The van der Waals surface area contributed by atoms with E-state index in [1.54, 1.807) is 17.0 Å². The third-order valence-electron chi connectivity index (χ3n) is 7.02. The van der Waals surface area contributed by atoms with Crippen LogP contribution in [-0.4, -0.2) is 69.5 Å². The van der Waals surface area contributed by atoms with Gasteiger partial charge in [-0.1, -0.05) is 48.5 Å². The number of fused-ring (bicyclic) bond motifs is 1. The number of carbonyl (C=O) groups is 3. The third-order valence-corrected chi connectivity index (χ3v) is 8.11. The number of anilines is 1. The topological polar surface area (TPSA) is 95.9 Å². The first kappa shape index (κ1) is 27.7. The summed E-state index contributed by atoms with van der Waals surface area (Å²) >= 11 is 6.57. The molecule has 0 unspecified atom stereocenters. The highest BCUT2D eigenvalue weighted by molar-refractivity contribution is 8.18. The van der Waals surface area contributed by atoms with Gasteiger partial charge in [0, 0.05) is 37.4 Å². The van der Waals surface area contributed by atoms with E-state index in [0.29, 0.717) is 37.1 Å². The lowest BCUT2D eigenvalue weighted by molar-refractivity contribution is -0.136. The van der Waals surface area contributed by atoms with Gasteiger partial charge in [0.15, 0.2) is 0 Å². The Morgan fingerprint density at radius 2 is 1.74 bits per heavy atom. The van der Waals surface area contributed by atoms with Crippen LogP contribution in [0.2, 0.25) is 5.28 Å². The molecule has 12 heteroatoms. The molecule has 6 rings (SSSR count). The van der Waals surface area contributed by atoms with Crippen molar-refractivity contribution in [3.05, 3.63) is 94.5 Å². The molecule has 2 aliphatic rings. The molecule has 0 atom stereocenters. The summed E-state index contributed by atoms with van der Waals surface area (Å²) in [5.41, 5.74) is 1.53. The highest BCUT2D eigenvalue weighted by Crippen LogP contribution is 2.38. The Kier molecular flexibility index (Phi) is 7.77. The van der Waals surface area contributed by atoms with Crippen molar-refractivity contribution >= 4 is 63.0 Å². The van der Waals surface area contributed by atoms with E-state index in [0.717, 1.165) is 33.9 Å². The molecule has 0 saturated carbocycles. The lowest BCUT2D eigenvalue weighted by Gasteiger charge is -2.36. The van der Waals surface area contributed by atoms with Crippen molar-refractivity contribution in [1.82, 2.24) is 19.8 Å². The second-order valence-electron chi connectivity index (χ2n) is 9.56. The Balaban J connectivity index is 1.22. The molecule has 2 aliphatic heterocycles. The van der Waals surface area contributed by atoms with Gasteiger partial charge in [-0.2, -0.15) is 9.37 Å². The van der Waals surface area contributed by atoms with E-state index in [4.69, 9.17) is 16.3 Å². The van der Waals surface area contributed by atoms with E-state index in [9.17, 15) is 18.8 Å². The van der Waals surface area contributed by atoms with Crippen LogP contribution < -0.4 is 9.64 Å². The van der Waals surface area contributed by atoms with Crippen LogP contribution in [0.5, 0.6) is 11.6 Å². The zero-order chi connectivity index (χ0) is 29.2. The summed E-state index contributed by atoms with van der Waals surface area (Å²) in [4.78, 5) is 51.7. The normalized spacial score (nSPS) is 16.5. The van der Waals surface area contributed by atoms with Crippen molar-refractivity contribution in [2.45, 2.75) is 0 Å². The summed E-state index contributed by atoms with van der Waals surface area (Å²) in [6, 6.07) is 20.7. The van der Waals surface area contributed by atoms with Crippen LogP contribution in [0, 0.1) is 5.82 Å². The Morgan fingerprint density at radius 3 is 2.52 bits per heavy atom. The summed E-state index contributed by atoms with van der Waals surface area (Å²) in [5, 5.41) is 0.802. The largest absolute Gasteiger partial charge is 0.436 e. The molecule has 0 aliphatic carbocycles. The van der Waals surface area contributed by atoms with Crippen LogP contribution in [-0.2, 0) is 9.59 Å². The second kappa shape index (κ2) is 11.8. The molecule has 0 spiro atoms. The molecule has 42 heavy (non-hydrogen) atoms. The molecule has 2 saturated heterocycles. The number of ether oxygens (including phenoxy) is 1. The van der Waals surface area contributed by atoms with E-state index >= 15 is 0 Å². The molecule has 2 fully saturated rings. The van der Waals surface area contributed by atoms with Crippen LogP contribution in [0.3, 0.4) is 0 Å². The minimum atomic E-state index is -0.818. The number of imide groups is 1. The van der Waals surface area contributed by atoms with Gasteiger partial charge in [0.25, 0.3) is 17.0 Å². The van der Waals surface area contributed by atoms with Crippen molar-refractivity contribution in [3.63, 3.8) is 0 Å². The predicted octanol–water partition coefficient (Wildman–Crippen LogP) is 5.60. The minimum Gasteiger partial charge on any atom is -0.436 e. The van der Waals surface area contributed by atoms with Crippen LogP contribution in [0.25, 0.3) is 16.8 Å². The van der Waals surface area contributed by atoms with Gasteiger partial charge in [0.05, 0.1) is 11.1 Å². The highest BCUT2D eigenvalue weighted by atomic mass is 35.5. The highest BCUT2D eigenvalue weighted by Gasteiger charge is 2.38. The molecule has 1 aromatic heterocycles. The number of carbonyl (C=O) groups excluding carboxylic acids is 3. The third kappa shape index (κ3) is 5.65. The first-order chi connectivity index (χ1) is 20.4. The van der Waals surface area contributed by atoms with Crippen molar-refractivity contribution < 1.29 is 23.5 Å². The van der Waals surface area contributed by atoms with Gasteiger partial charge >= 0.3 is 0 Å². The molecule has 9 nitrogen and oxygen atoms in total. The fourth-order valence-corrected chi connectivity index (χ4v) is 5.82. The monoisotopic (exact) mass is 603 g/mol. The van der Waals surface area contributed by atoms with E-state index in [1.807, 2.05) is 54.6 Å². The number of amides is 3. The van der Waals surface area contributed by atoms with E-state index in [2.05, 4.69) is 14.9 Å². The van der Waals surface area contributed by atoms with Gasteiger partial charge in [-0.05, 0) is 58.4 Å². The van der Waals surface area contributed by atoms with Crippen LogP contribution in [0.1, 0.15) is 5.56 Å². The Bertz CT molecular complexity index is 1730. The maximum absolute atomic E-state index is 14.4. The minimum absolute atomic E-state index is 0.115. The number of rotatable bonds is 6. The number of hydrogen-bond donors (Lipinski definition) is 0. The Morgan fingerprint density at radius 1 is 1.00 bits per heavy atom.